The summed E-state index contributed by atoms with van der Waals surface area (Å²) in [6.07, 6.45) is 0.461. The van der Waals surface area contributed by atoms with Gasteiger partial charge in [-0.3, -0.25) is 33.8 Å². The van der Waals surface area contributed by atoms with Crippen molar-refractivity contribution >= 4 is 72.6 Å². The van der Waals surface area contributed by atoms with E-state index in [1.165, 1.54) is 0 Å². The van der Waals surface area contributed by atoms with Crippen LogP contribution < -0.4 is 49.1 Å². The Morgan fingerprint density at radius 1 is 0.723 bits per heavy atom. The Morgan fingerprint density at radius 2 is 1.28 bits per heavy atom. The Labute approximate surface area is 285 Å². The second-order valence-corrected chi connectivity index (χ2v) is 12.1. The number of nitrogens with two attached hydrogens (primary N) is 3. The highest BCUT2D eigenvalue weighted by molar-refractivity contribution is 7.80. The molecule has 0 spiro atoms. The average Bonchev–Trinajstić information content (AvgIpc) is 2.99. The van der Waals surface area contributed by atoms with Crippen molar-refractivity contribution in [3.05, 3.63) is 0 Å². The van der Waals surface area contributed by atoms with Crippen molar-refractivity contribution in [2.75, 3.05) is 31.1 Å². The first-order chi connectivity index (χ1) is 21.9. The molecule has 268 valence electrons. The van der Waals surface area contributed by atoms with Crippen LogP contribution in [-0.2, 0) is 33.6 Å². The Hall–Kier alpha value is -3.78. The highest BCUT2D eigenvalue weighted by Gasteiger charge is 2.31. The average molecular weight is 707 g/mol. The molecule has 0 aromatic heterocycles. The number of nitrogens with one attached hydrogen (secondary N) is 6. The number of aliphatic carboxylic acids is 1. The van der Waals surface area contributed by atoms with Crippen LogP contribution in [0.15, 0.2) is 4.99 Å². The van der Waals surface area contributed by atoms with Crippen LogP contribution in [0.2, 0.25) is 0 Å². The zero-order valence-electron chi connectivity index (χ0n) is 27.1. The molecule has 0 radical (unpaired) electrons. The maximum absolute atomic E-state index is 13.5. The lowest BCUT2D eigenvalue weighted by molar-refractivity contribution is -0.141. The number of hydrogen-bond donors (Lipinski definition) is 12. The van der Waals surface area contributed by atoms with Gasteiger partial charge < -0.3 is 54.2 Å². The zero-order chi connectivity index (χ0) is 36.3. The monoisotopic (exact) mass is 706 g/mol. The minimum Gasteiger partial charge on any atom is -0.480 e. The molecule has 13 N–H and O–H groups in total. The number of rotatable bonds is 22. The summed E-state index contributed by atoms with van der Waals surface area (Å²) in [5, 5.41) is 23.8. The number of carboxylic acid groups (broad SMARTS) is 1. The number of hydrogen-bond acceptors (Lipinski definition) is 11. The minimum absolute atomic E-state index is 0.0452. The van der Waals surface area contributed by atoms with Crippen LogP contribution in [0.5, 0.6) is 0 Å². The SMILES string of the molecule is CC(C)C[C@H](NC(=O)[C@H](CCCN=C(N)N)NC(=O)[C@@H](NC(=O)CNC(=O)[C@@H](N)CS)C(C)C)C(=O)NCC(=O)N[C@@H](CS)C(=O)O. The van der Waals surface area contributed by atoms with E-state index in [9.17, 15) is 33.6 Å². The van der Waals surface area contributed by atoms with E-state index in [1.54, 1.807) is 13.8 Å². The molecular formula is C27H50N10O8S2. The molecule has 0 saturated heterocycles. The highest BCUT2D eigenvalue weighted by Crippen LogP contribution is 2.09. The first-order valence-electron chi connectivity index (χ1n) is 14.9. The molecule has 0 rings (SSSR count). The normalized spacial score (nSPS) is 14.1. The van der Waals surface area contributed by atoms with Gasteiger partial charge in [0, 0.05) is 18.1 Å². The zero-order valence-corrected chi connectivity index (χ0v) is 28.9. The third-order valence-electron chi connectivity index (χ3n) is 6.38. The lowest BCUT2D eigenvalue weighted by Gasteiger charge is -2.27. The second-order valence-electron chi connectivity index (χ2n) is 11.4. The van der Waals surface area contributed by atoms with Gasteiger partial charge in [0.2, 0.25) is 35.4 Å². The number of thiol groups is 2. The molecule has 20 heteroatoms. The predicted molar refractivity (Wildman–Crippen MR) is 181 cm³/mol. The van der Waals surface area contributed by atoms with Crippen LogP contribution in [0.3, 0.4) is 0 Å². The van der Waals surface area contributed by atoms with Gasteiger partial charge >= 0.3 is 5.97 Å². The Balaban J connectivity index is 5.78. The summed E-state index contributed by atoms with van der Waals surface area (Å²) in [6, 6.07) is -5.60. The molecule has 18 nitrogen and oxygen atoms in total. The summed E-state index contributed by atoms with van der Waals surface area (Å²) in [6.45, 7) is 6.08. The van der Waals surface area contributed by atoms with Gasteiger partial charge in [-0.05, 0) is 31.1 Å². The maximum atomic E-state index is 13.5. The molecule has 6 amide bonds. The molecule has 0 aromatic carbocycles. The molecule has 0 saturated carbocycles. The molecule has 47 heavy (non-hydrogen) atoms. The lowest BCUT2D eigenvalue weighted by atomic mass is 10.0. The Kier molecular flexibility index (Phi) is 20.9. The van der Waals surface area contributed by atoms with E-state index in [0.29, 0.717) is 0 Å². The van der Waals surface area contributed by atoms with E-state index in [0.717, 1.165) is 0 Å². The summed E-state index contributed by atoms with van der Waals surface area (Å²) >= 11 is 7.81. The molecule has 0 aliphatic rings. The van der Waals surface area contributed by atoms with Gasteiger partial charge in [-0.1, -0.05) is 27.7 Å². The van der Waals surface area contributed by atoms with Gasteiger partial charge in [0.05, 0.1) is 19.1 Å². The first-order valence-corrected chi connectivity index (χ1v) is 16.2. The number of carbonyl (C=O) groups is 7. The van der Waals surface area contributed by atoms with Crippen molar-refractivity contribution < 1.29 is 38.7 Å². The van der Waals surface area contributed by atoms with E-state index >= 15 is 0 Å². The predicted octanol–water partition coefficient (Wildman–Crippen LogP) is -3.81. The van der Waals surface area contributed by atoms with Crippen molar-refractivity contribution in [3.63, 3.8) is 0 Å². The van der Waals surface area contributed by atoms with Crippen LogP contribution in [0.25, 0.3) is 0 Å². The lowest BCUT2D eigenvalue weighted by Crippen LogP contribution is -2.58. The minimum atomic E-state index is -1.29. The quantitative estimate of drug-likeness (QED) is 0.0224. The molecule has 0 aliphatic heterocycles. The maximum Gasteiger partial charge on any atom is 0.327 e. The Morgan fingerprint density at radius 3 is 1.77 bits per heavy atom. The number of carbonyl (C=O) groups excluding carboxylic acids is 6. The van der Waals surface area contributed by atoms with Crippen LogP contribution in [0, 0.1) is 11.8 Å². The Bertz CT molecular complexity index is 1120. The van der Waals surface area contributed by atoms with Gasteiger partial charge in [-0.2, -0.15) is 25.3 Å². The molecule has 0 bridgehead atoms. The van der Waals surface area contributed by atoms with E-state index < -0.39 is 90.6 Å². The topological polar surface area (TPSA) is 302 Å². The summed E-state index contributed by atoms with van der Waals surface area (Å²) in [5.74, 6) is -6.26. The molecule has 0 aromatic rings. The van der Waals surface area contributed by atoms with Gasteiger partial charge in [-0.15, -0.1) is 0 Å². The molecule has 5 atom stereocenters. The van der Waals surface area contributed by atoms with E-state index in [1.807, 2.05) is 13.8 Å². The number of aliphatic imine (C=N–C) groups is 1. The molecule has 0 heterocycles. The summed E-state index contributed by atoms with van der Waals surface area (Å²) in [4.78, 5) is 91.5. The van der Waals surface area contributed by atoms with Gasteiger partial charge in [-0.25, -0.2) is 4.79 Å². The molecule has 0 aliphatic carbocycles. The van der Waals surface area contributed by atoms with E-state index in [-0.39, 0.29) is 49.2 Å². The van der Waals surface area contributed by atoms with Crippen molar-refractivity contribution in [3.8, 4) is 0 Å². The van der Waals surface area contributed by atoms with Crippen molar-refractivity contribution in [2.24, 2.45) is 34.0 Å². The fourth-order valence-electron chi connectivity index (χ4n) is 3.87. The number of amides is 6. The summed E-state index contributed by atoms with van der Waals surface area (Å²) in [7, 11) is 0. The van der Waals surface area contributed by atoms with Crippen LogP contribution in [0.1, 0.15) is 47.0 Å². The standard InChI is InChI=1S/C27H50N10O8S2/c1-13(2)8-17(23(41)33-9-19(38)34-18(12-47)26(44)45)36-24(42)16(6-5-7-31-27(29)30)35-25(43)21(14(3)4)37-20(39)10-32-22(40)15(28)11-46/h13-18,21,46-47H,5-12,28H2,1-4H3,(H,32,40)(H,33,41)(H,34,38)(H,35,43)(H,36,42)(H,37,39)(H,44,45)(H4,29,30,31)/t15-,16-,17-,18-,21-/m0/s1. The van der Waals surface area contributed by atoms with Gasteiger partial charge in [0.15, 0.2) is 5.96 Å². The molecule has 0 unspecified atom stereocenters. The van der Waals surface area contributed by atoms with Crippen molar-refractivity contribution in [1.29, 1.82) is 0 Å². The van der Waals surface area contributed by atoms with E-state index in [2.05, 4.69) is 62.2 Å². The number of guanidine groups is 1. The van der Waals surface area contributed by atoms with Crippen molar-refractivity contribution in [2.45, 2.75) is 77.2 Å². The van der Waals surface area contributed by atoms with Gasteiger partial charge in [0.1, 0.15) is 24.2 Å². The second kappa shape index (κ2) is 22.7. The summed E-state index contributed by atoms with van der Waals surface area (Å²) < 4.78 is 0. The third kappa shape index (κ3) is 18.2. The van der Waals surface area contributed by atoms with Crippen LogP contribution in [-0.4, -0.2) is 114 Å². The number of nitrogens with zero attached hydrogens (tertiary/aromatic N) is 1. The summed E-state index contributed by atoms with van der Waals surface area (Å²) in [5.41, 5.74) is 16.3. The highest BCUT2D eigenvalue weighted by atomic mass is 32.1. The van der Waals surface area contributed by atoms with Crippen molar-refractivity contribution in [1.82, 2.24) is 31.9 Å². The smallest absolute Gasteiger partial charge is 0.327 e. The molecular weight excluding hydrogens is 656 g/mol. The molecule has 0 fully saturated rings. The largest absolute Gasteiger partial charge is 0.480 e. The first kappa shape index (κ1) is 43.2. The number of carboxylic acids is 1. The van der Waals surface area contributed by atoms with Gasteiger partial charge in [0.25, 0.3) is 0 Å². The van der Waals surface area contributed by atoms with Crippen LogP contribution in [0.4, 0.5) is 0 Å². The van der Waals surface area contributed by atoms with E-state index in [4.69, 9.17) is 22.3 Å². The fraction of sp³-hybridized carbons (Fsp3) is 0.704. The third-order valence-corrected chi connectivity index (χ3v) is 7.14. The fourth-order valence-corrected chi connectivity index (χ4v) is 4.28. The van der Waals surface area contributed by atoms with Crippen LogP contribution >= 0.6 is 25.3 Å².